The Morgan fingerprint density at radius 1 is 1.04 bits per heavy atom. The number of rotatable bonds is 5. The molecule has 2 amide bonds. The first-order valence-corrected chi connectivity index (χ1v) is 6.92. The summed E-state index contributed by atoms with van der Waals surface area (Å²) in [5.41, 5.74) is 0.913. The van der Waals surface area contributed by atoms with Crippen LogP contribution in [0.3, 0.4) is 0 Å². The minimum Gasteiger partial charge on any atom is -0.497 e. The van der Waals surface area contributed by atoms with E-state index >= 15 is 0 Å². The number of methoxy groups -OCH3 is 1. The molecule has 0 saturated heterocycles. The Balaban J connectivity index is 2.26. The molecular formula is C16H15N3O5. The Bertz CT molecular complexity index is 787. The molecule has 0 aliphatic rings. The van der Waals surface area contributed by atoms with Gasteiger partial charge in [0.1, 0.15) is 5.75 Å². The number of nitrogens with zero attached hydrogens (tertiary/aromatic N) is 1. The van der Waals surface area contributed by atoms with E-state index in [1.807, 2.05) is 0 Å². The van der Waals surface area contributed by atoms with Crippen LogP contribution in [-0.2, 0) is 4.79 Å². The van der Waals surface area contributed by atoms with E-state index in [0.717, 1.165) is 0 Å². The second kappa shape index (κ2) is 7.23. The number of hydrogen-bond donors (Lipinski definition) is 2. The van der Waals surface area contributed by atoms with E-state index in [0.29, 0.717) is 17.1 Å². The molecule has 2 rings (SSSR count). The minimum atomic E-state index is -0.543. The fraction of sp³-hybridized carbons (Fsp3) is 0.125. The third-order valence-electron chi connectivity index (χ3n) is 3.13. The maximum absolute atomic E-state index is 12.3. The van der Waals surface area contributed by atoms with Gasteiger partial charge in [0.05, 0.1) is 23.4 Å². The average Bonchev–Trinajstić information content (AvgIpc) is 2.56. The maximum atomic E-state index is 12.3. The largest absolute Gasteiger partial charge is 0.497 e. The molecule has 24 heavy (non-hydrogen) atoms. The third-order valence-corrected chi connectivity index (χ3v) is 3.13. The summed E-state index contributed by atoms with van der Waals surface area (Å²) in [6, 6.07) is 10.0. The summed E-state index contributed by atoms with van der Waals surface area (Å²) in [6.07, 6.45) is 0. The second-order valence-electron chi connectivity index (χ2n) is 4.85. The van der Waals surface area contributed by atoms with E-state index < -0.39 is 10.8 Å². The van der Waals surface area contributed by atoms with Crippen molar-refractivity contribution in [2.24, 2.45) is 0 Å². The second-order valence-corrected chi connectivity index (χ2v) is 4.85. The van der Waals surface area contributed by atoms with Crippen molar-refractivity contribution in [3.63, 3.8) is 0 Å². The van der Waals surface area contributed by atoms with Crippen molar-refractivity contribution in [1.29, 1.82) is 0 Å². The van der Waals surface area contributed by atoms with E-state index in [9.17, 15) is 19.7 Å². The zero-order chi connectivity index (χ0) is 17.7. The fourth-order valence-electron chi connectivity index (χ4n) is 1.98. The van der Waals surface area contributed by atoms with E-state index in [-0.39, 0.29) is 17.2 Å². The first kappa shape index (κ1) is 16.9. The highest BCUT2D eigenvalue weighted by Gasteiger charge is 2.13. The molecule has 0 atom stereocenters. The number of anilines is 2. The van der Waals surface area contributed by atoms with E-state index in [1.165, 1.54) is 38.3 Å². The average molecular weight is 329 g/mol. The molecule has 0 radical (unpaired) electrons. The number of ether oxygens (including phenoxy) is 1. The number of benzene rings is 2. The van der Waals surface area contributed by atoms with Crippen LogP contribution in [0.4, 0.5) is 17.1 Å². The van der Waals surface area contributed by atoms with Gasteiger partial charge in [-0.15, -0.1) is 0 Å². The van der Waals surface area contributed by atoms with Crippen molar-refractivity contribution in [2.75, 3.05) is 17.7 Å². The van der Waals surface area contributed by atoms with Crippen LogP contribution in [0.2, 0.25) is 0 Å². The molecule has 0 heterocycles. The summed E-state index contributed by atoms with van der Waals surface area (Å²) in [6.45, 7) is 1.35. The molecule has 2 aromatic carbocycles. The number of nitro groups is 1. The van der Waals surface area contributed by atoms with Gasteiger partial charge in [-0.3, -0.25) is 19.7 Å². The summed E-state index contributed by atoms with van der Waals surface area (Å²) in [7, 11) is 1.48. The number of amides is 2. The van der Waals surface area contributed by atoms with Gasteiger partial charge in [0, 0.05) is 30.7 Å². The van der Waals surface area contributed by atoms with Crippen molar-refractivity contribution in [1.82, 2.24) is 0 Å². The molecule has 0 fully saturated rings. The van der Waals surface area contributed by atoms with Gasteiger partial charge < -0.3 is 15.4 Å². The van der Waals surface area contributed by atoms with Crippen molar-refractivity contribution in [2.45, 2.75) is 6.92 Å². The quantitative estimate of drug-likeness (QED) is 0.647. The van der Waals surface area contributed by atoms with Crippen molar-refractivity contribution in [3.05, 3.63) is 58.1 Å². The summed E-state index contributed by atoms with van der Waals surface area (Å²) < 4.78 is 5.11. The topological polar surface area (TPSA) is 111 Å². The first-order valence-electron chi connectivity index (χ1n) is 6.92. The van der Waals surface area contributed by atoms with Gasteiger partial charge in [0.25, 0.3) is 11.6 Å². The zero-order valence-electron chi connectivity index (χ0n) is 13.0. The van der Waals surface area contributed by atoms with Gasteiger partial charge >= 0.3 is 0 Å². The van der Waals surface area contributed by atoms with Crippen LogP contribution in [0, 0.1) is 10.1 Å². The van der Waals surface area contributed by atoms with Crippen molar-refractivity contribution in [3.8, 4) is 5.75 Å². The van der Waals surface area contributed by atoms with E-state index in [1.54, 1.807) is 18.2 Å². The standard InChI is InChI=1S/C16H15N3O5/c1-10(20)17-14-8-7-13(24-2)9-15(14)18-16(21)11-3-5-12(6-4-11)19(22)23/h3-9H,1-2H3,(H,17,20)(H,18,21). The maximum Gasteiger partial charge on any atom is 0.269 e. The molecule has 8 heteroatoms. The van der Waals surface area contributed by atoms with E-state index in [4.69, 9.17) is 4.74 Å². The molecule has 0 saturated carbocycles. The minimum absolute atomic E-state index is 0.105. The Labute approximate surface area is 137 Å². The lowest BCUT2D eigenvalue weighted by Gasteiger charge is -2.13. The van der Waals surface area contributed by atoms with Crippen LogP contribution >= 0.6 is 0 Å². The number of hydrogen-bond acceptors (Lipinski definition) is 5. The van der Waals surface area contributed by atoms with Gasteiger partial charge in [-0.1, -0.05) is 0 Å². The highest BCUT2D eigenvalue weighted by molar-refractivity contribution is 6.07. The van der Waals surface area contributed by atoms with Crippen LogP contribution in [0.5, 0.6) is 5.75 Å². The predicted molar refractivity (Wildman–Crippen MR) is 88.3 cm³/mol. The Morgan fingerprint density at radius 3 is 2.25 bits per heavy atom. The van der Waals surface area contributed by atoms with Gasteiger partial charge in [0.15, 0.2) is 0 Å². The third kappa shape index (κ3) is 4.07. The van der Waals surface area contributed by atoms with Crippen LogP contribution < -0.4 is 15.4 Å². The molecule has 0 bridgehead atoms. The van der Waals surface area contributed by atoms with Crippen LogP contribution in [0.25, 0.3) is 0 Å². The SMILES string of the molecule is COc1ccc(NC(C)=O)c(NC(=O)c2ccc([N+](=O)[O-])cc2)c1. The molecule has 0 aromatic heterocycles. The molecule has 124 valence electrons. The fourth-order valence-corrected chi connectivity index (χ4v) is 1.98. The monoisotopic (exact) mass is 329 g/mol. The molecule has 8 nitrogen and oxygen atoms in total. The molecule has 2 aromatic rings. The molecule has 0 spiro atoms. The normalized spacial score (nSPS) is 9.92. The summed E-state index contributed by atoms with van der Waals surface area (Å²) in [5, 5.41) is 15.9. The molecule has 0 aliphatic heterocycles. The predicted octanol–water partition coefficient (Wildman–Crippen LogP) is 2.81. The lowest BCUT2D eigenvalue weighted by molar-refractivity contribution is -0.384. The van der Waals surface area contributed by atoms with Crippen LogP contribution in [0.1, 0.15) is 17.3 Å². The number of nitrogens with one attached hydrogen (secondary N) is 2. The zero-order valence-corrected chi connectivity index (χ0v) is 13.0. The summed E-state index contributed by atoms with van der Waals surface area (Å²) in [5.74, 6) is -0.251. The first-order chi connectivity index (χ1) is 11.4. The van der Waals surface area contributed by atoms with Gasteiger partial charge in [-0.2, -0.15) is 0 Å². The lowest BCUT2D eigenvalue weighted by Crippen LogP contribution is -2.15. The molecule has 2 N–H and O–H groups in total. The van der Waals surface area contributed by atoms with Crippen molar-refractivity contribution >= 4 is 28.9 Å². The number of nitro benzene ring substituents is 1. The van der Waals surface area contributed by atoms with Gasteiger partial charge in [0.2, 0.25) is 5.91 Å². The Morgan fingerprint density at radius 2 is 1.71 bits per heavy atom. The number of carbonyl (C=O) groups is 2. The highest BCUT2D eigenvalue weighted by Crippen LogP contribution is 2.27. The van der Waals surface area contributed by atoms with Gasteiger partial charge in [-0.25, -0.2) is 0 Å². The number of non-ortho nitro benzene ring substituents is 1. The molecule has 0 aliphatic carbocycles. The van der Waals surface area contributed by atoms with E-state index in [2.05, 4.69) is 10.6 Å². The van der Waals surface area contributed by atoms with Crippen molar-refractivity contribution < 1.29 is 19.2 Å². The smallest absolute Gasteiger partial charge is 0.269 e. The van der Waals surface area contributed by atoms with Gasteiger partial charge in [-0.05, 0) is 24.3 Å². The Hall–Kier alpha value is -3.42. The lowest BCUT2D eigenvalue weighted by atomic mass is 10.1. The van der Waals surface area contributed by atoms with Crippen LogP contribution in [0.15, 0.2) is 42.5 Å². The molecule has 0 unspecified atom stereocenters. The highest BCUT2D eigenvalue weighted by atomic mass is 16.6. The van der Waals surface area contributed by atoms with Crippen LogP contribution in [-0.4, -0.2) is 23.8 Å². The number of carbonyl (C=O) groups excluding carboxylic acids is 2. The molecular weight excluding hydrogens is 314 g/mol. The Kier molecular flexibility index (Phi) is 5.10. The summed E-state index contributed by atoms with van der Waals surface area (Å²) >= 11 is 0. The summed E-state index contributed by atoms with van der Waals surface area (Å²) in [4.78, 5) is 33.7.